The van der Waals surface area contributed by atoms with Crippen molar-refractivity contribution in [2.45, 2.75) is 6.61 Å². The maximum absolute atomic E-state index is 11.0. The fourth-order valence-electron chi connectivity index (χ4n) is 1.44. The van der Waals surface area contributed by atoms with Gasteiger partial charge in [-0.25, -0.2) is 4.79 Å². The zero-order chi connectivity index (χ0) is 12.3. The van der Waals surface area contributed by atoms with Crippen LogP contribution in [0.2, 0.25) is 0 Å². The Labute approximate surface area is 102 Å². The highest BCUT2D eigenvalue weighted by atomic mass is 32.1. The standard InChI is InChI=1S/C12H11NO3S/c13-9-4-1-5-10(11(9)12(14)15)16-7-8-3-2-6-17-8/h1-6H,7,13H2,(H,14,15). The van der Waals surface area contributed by atoms with E-state index in [1.807, 2.05) is 17.5 Å². The number of nitrogens with two attached hydrogens (primary N) is 1. The minimum atomic E-state index is -1.08. The lowest BCUT2D eigenvalue weighted by Gasteiger charge is -2.09. The lowest BCUT2D eigenvalue weighted by atomic mass is 10.1. The van der Waals surface area contributed by atoms with Crippen LogP contribution in [-0.2, 0) is 6.61 Å². The maximum Gasteiger partial charge on any atom is 0.341 e. The van der Waals surface area contributed by atoms with Crippen LogP contribution in [0.25, 0.3) is 0 Å². The molecule has 4 nitrogen and oxygen atoms in total. The molecule has 0 aliphatic carbocycles. The third-order valence-electron chi connectivity index (χ3n) is 2.22. The summed E-state index contributed by atoms with van der Waals surface area (Å²) in [5, 5.41) is 11.0. The number of nitrogen functional groups attached to an aromatic ring is 1. The topological polar surface area (TPSA) is 72.5 Å². The number of thiophene rings is 1. The molecule has 0 bridgehead atoms. The number of carbonyl (C=O) groups is 1. The summed E-state index contributed by atoms with van der Waals surface area (Å²) in [6.07, 6.45) is 0. The van der Waals surface area contributed by atoms with Gasteiger partial charge in [0.2, 0.25) is 0 Å². The van der Waals surface area contributed by atoms with Crippen molar-refractivity contribution in [1.29, 1.82) is 0 Å². The van der Waals surface area contributed by atoms with E-state index >= 15 is 0 Å². The van der Waals surface area contributed by atoms with Gasteiger partial charge in [-0.15, -0.1) is 11.3 Å². The predicted octanol–water partition coefficient (Wildman–Crippen LogP) is 2.61. The first-order chi connectivity index (χ1) is 8.18. The van der Waals surface area contributed by atoms with Crippen LogP contribution in [0.4, 0.5) is 5.69 Å². The average molecular weight is 249 g/mol. The van der Waals surface area contributed by atoms with Crippen molar-refractivity contribution in [3.8, 4) is 5.75 Å². The summed E-state index contributed by atoms with van der Waals surface area (Å²) in [5.74, 6) is -0.782. The maximum atomic E-state index is 11.0. The third kappa shape index (κ3) is 2.57. The van der Waals surface area contributed by atoms with Crippen LogP contribution in [0, 0.1) is 0 Å². The molecular weight excluding hydrogens is 238 g/mol. The molecule has 1 aromatic carbocycles. The molecule has 0 atom stereocenters. The van der Waals surface area contributed by atoms with E-state index in [0.29, 0.717) is 12.4 Å². The van der Waals surface area contributed by atoms with Gasteiger partial charge in [0.1, 0.15) is 17.9 Å². The molecule has 0 saturated carbocycles. The van der Waals surface area contributed by atoms with Gasteiger partial charge >= 0.3 is 5.97 Å². The van der Waals surface area contributed by atoms with Crippen LogP contribution in [0.5, 0.6) is 5.75 Å². The highest BCUT2D eigenvalue weighted by Crippen LogP contribution is 2.25. The molecule has 0 saturated heterocycles. The smallest absolute Gasteiger partial charge is 0.341 e. The van der Waals surface area contributed by atoms with Crippen LogP contribution < -0.4 is 10.5 Å². The Kier molecular flexibility index (Phi) is 3.30. The summed E-state index contributed by atoms with van der Waals surface area (Å²) in [6, 6.07) is 8.67. The molecule has 88 valence electrons. The van der Waals surface area contributed by atoms with Crippen molar-refractivity contribution in [3.05, 3.63) is 46.2 Å². The van der Waals surface area contributed by atoms with E-state index < -0.39 is 5.97 Å². The fraction of sp³-hybridized carbons (Fsp3) is 0.0833. The van der Waals surface area contributed by atoms with E-state index in [4.69, 9.17) is 15.6 Å². The van der Waals surface area contributed by atoms with Crippen molar-refractivity contribution in [2.24, 2.45) is 0 Å². The van der Waals surface area contributed by atoms with Gasteiger partial charge < -0.3 is 15.6 Å². The number of hydrogen-bond acceptors (Lipinski definition) is 4. The Bertz CT molecular complexity index is 523. The van der Waals surface area contributed by atoms with Crippen LogP contribution in [-0.4, -0.2) is 11.1 Å². The number of carboxylic acids is 1. The summed E-state index contributed by atoms with van der Waals surface area (Å²) < 4.78 is 5.47. The van der Waals surface area contributed by atoms with E-state index in [0.717, 1.165) is 4.88 Å². The molecule has 1 aromatic heterocycles. The largest absolute Gasteiger partial charge is 0.487 e. The normalized spacial score (nSPS) is 10.1. The second-order valence-corrected chi connectivity index (χ2v) is 4.43. The molecule has 17 heavy (non-hydrogen) atoms. The summed E-state index contributed by atoms with van der Waals surface area (Å²) in [5.41, 5.74) is 5.84. The third-order valence-corrected chi connectivity index (χ3v) is 3.07. The second-order valence-electron chi connectivity index (χ2n) is 3.39. The number of anilines is 1. The molecule has 2 aromatic rings. The first-order valence-electron chi connectivity index (χ1n) is 4.95. The summed E-state index contributed by atoms with van der Waals surface area (Å²) in [6.45, 7) is 0.349. The van der Waals surface area contributed by atoms with E-state index in [1.165, 1.54) is 0 Å². The summed E-state index contributed by atoms with van der Waals surface area (Å²) in [4.78, 5) is 12.1. The SMILES string of the molecule is Nc1cccc(OCc2cccs2)c1C(=O)O. The molecule has 0 amide bonds. The Balaban J connectivity index is 2.21. The second kappa shape index (κ2) is 4.88. The molecule has 0 radical (unpaired) electrons. The molecule has 0 spiro atoms. The number of aromatic carboxylic acids is 1. The predicted molar refractivity (Wildman–Crippen MR) is 66.5 cm³/mol. The van der Waals surface area contributed by atoms with E-state index in [2.05, 4.69) is 0 Å². The highest BCUT2D eigenvalue weighted by Gasteiger charge is 2.14. The average Bonchev–Trinajstić information content (AvgIpc) is 2.78. The van der Waals surface area contributed by atoms with Gasteiger partial charge in [0, 0.05) is 10.6 Å². The minimum absolute atomic E-state index is 0.0176. The van der Waals surface area contributed by atoms with Crippen molar-refractivity contribution < 1.29 is 14.6 Å². The van der Waals surface area contributed by atoms with Gasteiger partial charge in [0.15, 0.2) is 0 Å². The first kappa shape index (κ1) is 11.5. The monoisotopic (exact) mass is 249 g/mol. The van der Waals surface area contributed by atoms with Crippen LogP contribution in [0.3, 0.4) is 0 Å². The summed E-state index contributed by atoms with van der Waals surface area (Å²) in [7, 11) is 0. The molecule has 0 aliphatic heterocycles. The molecule has 3 N–H and O–H groups in total. The van der Waals surface area contributed by atoms with Gasteiger partial charge in [-0.2, -0.15) is 0 Å². The van der Waals surface area contributed by atoms with E-state index in [9.17, 15) is 4.79 Å². The molecule has 2 rings (SSSR count). The molecule has 0 fully saturated rings. The fourth-order valence-corrected chi connectivity index (χ4v) is 2.06. The Morgan fingerprint density at radius 3 is 2.82 bits per heavy atom. The first-order valence-corrected chi connectivity index (χ1v) is 5.83. The molecule has 0 aliphatic rings. The van der Waals surface area contributed by atoms with Crippen LogP contribution in [0.1, 0.15) is 15.2 Å². The Morgan fingerprint density at radius 2 is 2.18 bits per heavy atom. The van der Waals surface area contributed by atoms with Crippen molar-refractivity contribution in [2.75, 3.05) is 5.73 Å². The lowest BCUT2D eigenvalue weighted by molar-refractivity contribution is 0.0693. The quantitative estimate of drug-likeness (QED) is 0.817. The number of carboxylic acid groups (broad SMARTS) is 1. The van der Waals surface area contributed by atoms with Gasteiger partial charge in [0.25, 0.3) is 0 Å². The lowest BCUT2D eigenvalue weighted by Crippen LogP contribution is -2.06. The molecular formula is C12H11NO3S. The summed E-state index contributed by atoms with van der Waals surface area (Å²) >= 11 is 1.56. The molecule has 1 heterocycles. The van der Waals surface area contributed by atoms with E-state index in [-0.39, 0.29) is 11.3 Å². The Morgan fingerprint density at radius 1 is 1.35 bits per heavy atom. The number of ether oxygens (including phenoxy) is 1. The van der Waals surface area contributed by atoms with Gasteiger partial charge in [-0.05, 0) is 23.6 Å². The van der Waals surface area contributed by atoms with Gasteiger partial charge in [0.05, 0.1) is 0 Å². The number of hydrogen-bond donors (Lipinski definition) is 2. The number of rotatable bonds is 4. The van der Waals surface area contributed by atoms with Crippen LogP contribution >= 0.6 is 11.3 Å². The van der Waals surface area contributed by atoms with Crippen molar-refractivity contribution in [1.82, 2.24) is 0 Å². The zero-order valence-corrected chi connectivity index (χ0v) is 9.74. The van der Waals surface area contributed by atoms with Crippen molar-refractivity contribution >= 4 is 23.0 Å². The van der Waals surface area contributed by atoms with Gasteiger partial charge in [-0.3, -0.25) is 0 Å². The number of benzene rings is 1. The minimum Gasteiger partial charge on any atom is -0.487 e. The molecule has 5 heteroatoms. The van der Waals surface area contributed by atoms with Gasteiger partial charge in [-0.1, -0.05) is 12.1 Å². The highest BCUT2D eigenvalue weighted by molar-refractivity contribution is 7.09. The van der Waals surface area contributed by atoms with E-state index in [1.54, 1.807) is 29.5 Å². The zero-order valence-electron chi connectivity index (χ0n) is 8.92. The van der Waals surface area contributed by atoms with Crippen LogP contribution in [0.15, 0.2) is 35.7 Å². The van der Waals surface area contributed by atoms with Crippen molar-refractivity contribution in [3.63, 3.8) is 0 Å². The molecule has 0 unspecified atom stereocenters. The Hall–Kier alpha value is -2.01.